The molecule has 0 radical (unpaired) electrons. The number of hydrogen-bond donors (Lipinski definition) is 1. The van der Waals surface area contributed by atoms with Crippen LogP contribution in [0.5, 0.6) is 0 Å². The van der Waals surface area contributed by atoms with Crippen LogP contribution in [0.15, 0.2) is 24.3 Å². The molecule has 1 aliphatic carbocycles. The summed E-state index contributed by atoms with van der Waals surface area (Å²) in [6, 6.07) is 10.5. The number of nitrogens with one attached hydrogen (secondary N) is 1. The lowest BCUT2D eigenvalue weighted by Gasteiger charge is -2.42. The van der Waals surface area contributed by atoms with Crippen LogP contribution in [-0.4, -0.2) is 30.1 Å². The summed E-state index contributed by atoms with van der Waals surface area (Å²) < 4.78 is 0. The van der Waals surface area contributed by atoms with Gasteiger partial charge in [-0.25, -0.2) is 0 Å². The summed E-state index contributed by atoms with van der Waals surface area (Å²) in [5.41, 5.74) is 2.82. The zero-order chi connectivity index (χ0) is 14.1. The van der Waals surface area contributed by atoms with E-state index in [9.17, 15) is 0 Å². The number of hydrogen-bond acceptors (Lipinski definition) is 2. The molecule has 20 heavy (non-hydrogen) atoms. The Morgan fingerprint density at radius 2 is 1.90 bits per heavy atom. The molecule has 1 saturated carbocycles. The molecule has 1 aliphatic heterocycles. The number of benzene rings is 1. The number of piperazine rings is 1. The largest absolute Gasteiger partial charge is 0.311 e. The van der Waals surface area contributed by atoms with Crippen molar-refractivity contribution in [2.24, 2.45) is 11.8 Å². The SMILES string of the molecule is Cc1ccc(CN2CC(C(C)C)NCC2C2CC2)cc1. The van der Waals surface area contributed by atoms with Gasteiger partial charge < -0.3 is 5.32 Å². The highest BCUT2D eigenvalue weighted by atomic mass is 15.2. The summed E-state index contributed by atoms with van der Waals surface area (Å²) in [5, 5.41) is 3.77. The molecule has 1 aromatic rings. The zero-order valence-corrected chi connectivity index (χ0v) is 13.1. The first-order chi connectivity index (χ1) is 9.63. The standard InChI is InChI=1S/C18H28N2/c1-13(2)17-12-20(18(10-19-17)16-8-9-16)11-15-6-4-14(3)5-7-15/h4-7,13,16-19H,8-12H2,1-3H3. The maximum Gasteiger partial charge on any atom is 0.0253 e. The summed E-state index contributed by atoms with van der Waals surface area (Å²) >= 11 is 0. The van der Waals surface area contributed by atoms with Crippen LogP contribution in [0.1, 0.15) is 37.8 Å². The third-order valence-electron chi connectivity index (χ3n) is 4.97. The van der Waals surface area contributed by atoms with Gasteiger partial charge >= 0.3 is 0 Å². The van der Waals surface area contributed by atoms with Gasteiger partial charge in [0.25, 0.3) is 0 Å². The lowest BCUT2D eigenvalue weighted by atomic mass is 9.97. The molecule has 2 atom stereocenters. The van der Waals surface area contributed by atoms with Gasteiger partial charge in [0.1, 0.15) is 0 Å². The predicted molar refractivity (Wildman–Crippen MR) is 84.7 cm³/mol. The molecule has 1 saturated heterocycles. The quantitative estimate of drug-likeness (QED) is 0.905. The average molecular weight is 272 g/mol. The molecule has 0 amide bonds. The van der Waals surface area contributed by atoms with Gasteiger partial charge in [-0.15, -0.1) is 0 Å². The third kappa shape index (κ3) is 3.24. The first kappa shape index (κ1) is 14.1. The Bertz CT molecular complexity index is 433. The second-order valence-electron chi connectivity index (χ2n) is 7.08. The van der Waals surface area contributed by atoms with Crippen LogP contribution in [0.3, 0.4) is 0 Å². The van der Waals surface area contributed by atoms with Crippen molar-refractivity contribution in [3.05, 3.63) is 35.4 Å². The monoisotopic (exact) mass is 272 g/mol. The molecule has 3 rings (SSSR count). The zero-order valence-electron chi connectivity index (χ0n) is 13.1. The topological polar surface area (TPSA) is 15.3 Å². The minimum atomic E-state index is 0.649. The average Bonchev–Trinajstić information content (AvgIpc) is 3.26. The van der Waals surface area contributed by atoms with Crippen LogP contribution in [0.4, 0.5) is 0 Å². The van der Waals surface area contributed by atoms with Crippen molar-refractivity contribution in [3.63, 3.8) is 0 Å². The maximum atomic E-state index is 3.77. The van der Waals surface area contributed by atoms with E-state index in [1.807, 2.05) is 0 Å². The summed E-state index contributed by atoms with van der Waals surface area (Å²) in [5.74, 6) is 1.66. The summed E-state index contributed by atoms with van der Waals surface area (Å²) in [4.78, 5) is 2.74. The van der Waals surface area contributed by atoms with E-state index in [0.29, 0.717) is 6.04 Å². The van der Waals surface area contributed by atoms with E-state index < -0.39 is 0 Å². The van der Waals surface area contributed by atoms with Gasteiger partial charge in [-0.2, -0.15) is 0 Å². The Balaban J connectivity index is 1.70. The summed E-state index contributed by atoms with van der Waals surface area (Å²) in [6.45, 7) is 10.3. The number of rotatable bonds is 4. The van der Waals surface area contributed by atoms with Gasteiger partial charge in [0, 0.05) is 31.7 Å². The molecule has 2 nitrogen and oxygen atoms in total. The van der Waals surface area contributed by atoms with Gasteiger partial charge in [-0.05, 0) is 37.2 Å². The second-order valence-corrected chi connectivity index (χ2v) is 7.08. The Labute approximate surface area is 123 Å². The molecule has 1 aromatic carbocycles. The third-order valence-corrected chi connectivity index (χ3v) is 4.97. The van der Waals surface area contributed by atoms with Gasteiger partial charge in [0.2, 0.25) is 0 Å². The molecular weight excluding hydrogens is 244 g/mol. The molecule has 2 heteroatoms. The van der Waals surface area contributed by atoms with Crippen molar-refractivity contribution >= 4 is 0 Å². The molecule has 110 valence electrons. The first-order valence-corrected chi connectivity index (χ1v) is 8.16. The minimum Gasteiger partial charge on any atom is -0.311 e. The molecule has 2 unspecified atom stereocenters. The number of aryl methyl sites for hydroxylation is 1. The molecule has 1 heterocycles. The number of nitrogens with zero attached hydrogens (tertiary/aromatic N) is 1. The normalized spacial score (nSPS) is 28.0. The van der Waals surface area contributed by atoms with E-state index in [1.165, 1.54) is 37.1 Å². The van der Waals surface area contributed by atoms with Crippen molar-refractivity contribution in [3.8, 4) is 0 Å². The van der Waals surface area contributed by atoms with Gasteiger partial charge in [0.15, 0.2) is 0 Å². The van der Waals surface area contributed by atoms with Gasteiger partial charge in [0.05, 0.1) is 0 Å². The van der Waals surface area contributed by atoms with Crippen LogP contribution in [0.2, 0.25) is 0 Å². The van der Waals surface area contributed by atoms with Crippen molar-refractivity contribution < 1.29 is 0 Å². The molecule has 2 fully saturated rings. The Morgan fingerprint density at radius 3 is 2.50 bits per heavy atom. The van der Waals surface area contributed by atoms with Crippen molar-refractivity contribution in [2.75, 3.05) is 13.1 Å². The van der Waals surface area contributed by atoms with Crippen molar-refractivity contribution in [2.45, 2.75) is 52.2 Å². The Hall–Kier alpha value is -0.860. The smallest absolute Gasteiger partial charge is 0.0253 e. The fourth-order valence-corrected chi connectivity index (χ4v) is 3.36. The second kappa shape index (κ2) is 5.87. The minimum absolute atomic E-state index is 0.649. The van der Waals surface area contributed by atoms with E-state index in [-0.39, 0.29) is 0 Å². The Kier molecular flexibility index (Phi) is 4.13. The lowest BCUT2D eigenvalue weighted by Crippen LogP contribution is -2.58. The highest BCUT2D eigenvalue weighted by Gasteiger charge is 2.39. The lowest BCUT2D eigenvalue weighted by molar-refractivity contribution is 0.0926. The fourth-order valence-electron chi connectivity index (χ4n) is 3.36. The van der Waals surface area contributed by atoms with Crippen LogP contribution in [-0.2, 0) is 6.54 Å². The highest BCUT2D eigenvalue weighted by molar-refractivity contribution is 5.21. The molecular formula is C18H28N2. The highest BCUT2D eigenvalue weighted by Crippen LogP contribution is 2.37. The Morgan fingerprint density at radius 1 is 1.20 bits per heavy atom. The van der Waals surface area contributed by atoms with E-state index in [0.717, 1.165) is 24.4 Å². The van der Waals surface area contributed by atoms with E-state index in [1.54, 1.807) is 0 Å². The van der Waals surface area contributed by atoms with Crippen LogP contribution in [0.25, 0.3) is 0 Å². The molecule has 0 bridgehead atoms. The first-order valence-electron chi connectivity index (χ1n) is 8.16. The predicted octanol–water partition coefficient (Wildman–Crippen LogP) is 3.20. The van der Waals surface area contributed by atoms with E-state index in [2.05, 4.69) is 55.3 Å². The summed E-state index contributed by atoms with van der Waals surface area (Å²) in [6.07, 6.45) is 2.87. The van der Waals surface area contributed by atoms with Crippen molar-refractivity contribution in [1.82, 2.24) is 10.2 Å². The molecule has 1 N–H and O–H groups in total. The molecule has 2 aliphatic rings. The van der Waals surface area contributed by atoms with Crippen LogP contribution in [0, 0.1) is 18.8 Å². The fraction of sp³-hybridized carbons (Fsp3) is 0.667. The summed E-state index contributed by atoms with van der Waals surface area (Å²) in [7, 11) is 0. The van der Waals surface area contributed by atoms with E-state index >= 15 is 0 Å². The molecule has 0 aromatic heterocycles. The van der Waals surface area contributed by atoms with Crippen molar-refractivity contribution in [1.29, 1.82) is 0 Å². The van der Waals surface area contributed by atoms with Crippen LogP contribution >= 0.6 is 0 Å². The van der Waals surface area contributed by atoms with Crippen LogP contribution < -0.4 is 5.32 Å². The molecule has 0 spiro atoms. The maximum absolute atomic E-state index is 3.77. The van der Waals surface area contributed by atoms with Gasteiger partial charge in [-0.1, -0.05) is 43.7 Å². The van der Waals surface area contributed by atoms with Gasteiger partial charge in [-0.3, -0.25) is 4.90 Å². The van der Waals surface area contributed by atoms with E-state index in [4.69, 9.17) is 0 Å².